The average Bonchev–Trinajstić information content (AvgIpc) is 1.25. The van der Waals surface area contributed by atoms with Gasteiger partial charge in [0.1, 0.15) is 0 Å². The Morgan fingerprint density at radius 3 is 1.44 bits per heavy atom. The van der Waals surface area contributed by atoms with Crippen LogP contribution < -0.4 is 5.14 Å². The van der Waals surface area contributed by atoms with Crippen LogP contribution in [0.1, 0.15) is 2.85 Å². The normalized spacial score (nSPS) is 12.4. The van der Waals surface area contributed by atoms with Crippen LogP contribution in [0, 0.1) is 0 Å². The van der Waals surface area contributed by atoms with E-state index >= 15 is 0 Å². The predicted molar refractivity (Wildman–Crippen MR) is 27.1 cm³/mol. The van der Waals surface area contributed by atoms with Gasteiger partial charge in [0.2, 0.25) is 0 Å². The van der Waals surface area contributed by atoms with Gasteiger partial charge in [-0.05, 0) is 0 Å². The van der Waals surface area contributed by atoms with Crippen molar-refractivity contribution in [3.63, 3.8) is 0 Å². The molecule has 0 fully saturated rings. The molecule has 0 saturated heterocycles. The first-order valence-corrected chi connectivity index (χ1v) is 2.89. The van der Waals surface area contributed by atoms with E-state index in [4.69, 9.17) is 0 Å². The van der Waals surface area contributed by atoms with Gasteiger partial charge in [-0.1, -0.05) is 0 Å². The summed E-state index contributed by atoms with van der Waals surface area (Å²) in [6.07, 6.45) is 0. The smallest absolute Gasteiger partial charge is 1.00 e. The number of sulfonamides is 1. The maximum absolute atomic E-state index is 10.8. The summed E-state index contributed by atoms with van der Waals surface area (Å²) in [5, 5.41) is 3.66. The molecule has 0 bridgehead atoms. The topological polar surface area (TPSA) is 60.2 Å². The van der Waals surface area contributed by atoms with Crippen LogP contribution in [0.15, 0.2) is 0 Å². The summed E-state index contributed by atoms with van der Waals surface area (Å²) in [7, 11) is -5.34. The molecule has 0 aromatic heterocycles. The van der Waals surface area contributed by atoms with E-state index in [1.807, 2.05) is 0 Å². The van der Waals surface area contributed by atoms with Crippen LogP contribution in [-0.4, -0.2) is 51.7 Å². The molecule has 0 aliphatic rings. The van der Waals surface area contributed by atoms with Crippen molar-refractivity contribution in [2.24, 2.45) is 5.14 Å². The zero-order valence-corrected chi connectivity index (χ0v) is 7.17. The fourth-order valence-electron chi connectivity index (χ4n) is 0. The Labute approximate surface area is 82.4 Å². The fourth-order valence-corrected chi connectivity index (χ4v) is 0. The zero-order chi connectivity index (χ0) is 7.00. The largest absolute Gasteiger partial charge is 2.00 e. The molecule has 0 spiro atoms. The third-order valence-corrected chi connectivity index (χ3v) is 0.968. The Bertz CT molecular complexity index is 178. The molecule has 0 amide bonds. The molecule has 2 N–H and O–H groups in total. The number of nitrogens with two attached hydrogens (primary N) is 1. The minimum atomic E-state index is -5.34. The van der Waals surface area contributed by atoms with Crippen molar-refractivity contribution in [3.8, 4) is 0 Å². The van der Waals surface area contributed by atoms with Crippen molar-refractivity contribution in [1.29, 1.82) is 0 Å². The van der Waals surface area contributed by atoms with Crippen molar-refractivity contribution in [2.75, 3.05) is 0 Å². The SMILES string of the molecule is NS(=O)(=O)C(F)(F)F.[Ca+2].[H-].[H-]. The molecular weight excluding hydrogens is 187 g/mol. The van der Waals surface area contributed by atoms with Crippen LogP contribution >= 0.6 is 0 Å². The molecule has 0 aliphatic heterocycles. The third-order valence-electron chi connectivity index (χ3n) is 0.323. The van der Waals surface area contributed by atoms with Crippen LogP contribution in [0.2, 0.25) is 0 Å². The Morgan fingerprint density at radius 2 is 1.44 bits per heavy atom. The summed E-state index contributed by atoms with van der Waals surface area (Å²) < 4.78 is 51.2. The zero-order valence-electron chi connectivity index (χ0n) is 6.14. The molecule has 54 valence electrons. The standard InChI is InChI=1S/CH2F3NO2S.Ca.2H/c2-1(3,4)8(5,6)7;;;/h(H2,5,6,7);;;/q;+2;2*-1. The number of alkyl halides is 3. The molecule has 0 aromatic rings. The summed E-state index contributed by atoms with van der Waals surface area (Å²) in [6, 6.07) is 0. The van der Waals surface area contributed by atoms with Gasteiger partial charge in [-0.2, -0.15) is 13.2 Å². The van der Waals surface area contributed by atoms with Crippen molar-refractivity contribution >= 4 is 47.8 Å². The molecule has 8 heteroatoms. The van der Waals surface area contributed by atoms with Gasteiger partial charge in [-0.3, -0.25) is 0 Å². The van der Waals surface area contributed by atoms with E-state index in [1.54, 1.807) is 0 Å². The minimum absolute atomic E-state index is 0. The Kier molecular flexibility index (Phi) is 4.74. The van der Waals surface area contributed by atoms with E-state index in [-0.39, 0.29) is 40.6 Å². The molecule has 0 aliphatic carbocycles. The van der Waals surface area contributed by atoms with Crippen molar-refractivity contribution in [2.45, 2.75) is 5.51 Å². The molecular formula is CH4CaF3NO2S. The summed E-state index contributed by atoms with van der Waals surface area (Å²) in [4.78, 5) is 0. The summed E-state index contributed by atoms with van der Waals surface area (Å²) in [5.74, 6) is 0. The molecule has 0 radical (unpaired) electrons. The van der Waals surface area contributed by atoms with Crippen molar-refractivity contribution < 1.29 is 24.4 Å². The summed E-state index contributed by atoms with van der Waals surface area (Å²) in [5.41, 5.74) is -5.31. The van der Waals surface area contributed by atoms with E-state index in [0.717, 1.165) is 0 Å². The quantitative estimate of drug-likeness (QED) is 0.531. The Balaban J connectivity index is -0.0000000817. The minimum Gasteiger partial charge on any atom is -1.00 e. The van der Waals surface area contributed by atoms with Gasteiger partial charge >= 0.3 is 53.3 Å². The van der Waals surface area contributed by atoms with E-state index in [2.05, 4.69) is 5.14 Å². The van der Waals surface area contributed by atoms with Crippen LogP contribution in [0.4, 0.5) is 13.2 Å². The number of hydrogen-bond acceptors (Lipinski definition) is 2. The number of primary sulfonamides is 1. The van der Waals surface area contributed by atoms with Gasteiger partial charge in [0.05, 0.1) is 0 Å². The Hall–Kier alpha value is 0.960. The van der Waals surface area contributed by atoms with E-state index in [1.165, 1.54) is 0 Å². The van der Waals surface area contributed by atoms with E-state index < -0.39 is 15.5 Å². The Morgan fingerprint density at radius 1 is 1.33 bits per heavy atom. The van der Waals surface area contributed by atoms with Gasteiger partial charge in [-0.15, -0.1) is 0 Å². The van der Waals surface area contributed by atoms with Crippen LogP contribution in [0.5, 0.6) is 0 Å². The van der Waals surface area contributed by atoms with Gasteiger partial charge in [-0.25, -0.2) is 13.6 Å². The van der Waals surface area contributed by atoms with Gasteiger partial charge in [0, 0.05) is 0 Å². The molecule has 3 nitrogen and oxygen atoms in total. The maximum Gasteiger partial charge on any atom is 2.00 e. The monoisotopic (exact) mass is 191 g/mol. The first kappa shape index (κ1) is 12.6. The molecule has 0 saturated carbocycles. The summed E-state index contributed by atoms with van der Waals surface area (Å²) >= 11 is 0. The van der Waals surface area contributed by atoms with Crippen LogP contribution in [0.3, 0.4) is 0 Å². The van der Waals surface area contributed by atoms with Crippen LogP contribution in [0.25, 0.3) is 0 Å². The molecule has 0 unspecified atom stereocenters. The van der Waals surface area contributed by atoms with Gasteiger partial charge in [0.25, 0.3) is 0 Å². The van der Waals surface area contributed by atoms with Crippen LogP contribution in [-0.2, 0) is 10.0 Å². The second kappa shape index (κ2) is 3.38. The van der Waals surface area contributed by atoms with Gasteiger partial charge < -0.3 is 2.85 Å². The second-order valence-electron chi connectivity index (χ2n) is 0.991. The number of hydrogen-bond donors (Lipinski definition) is 1. The second-order valence-corrected chi connectivity index (χ2v) is 2.54. The third kappa shape index (κ3) is 4.38. The first-order chi connectivity index (χ1) is 3.25. The maximum atomic E-state index is 10.8. The average molecular weight is 191 g/mol. The van der Waals surface area contributed by atoms with Gasteiger partial charge in [0.15, 0.2) is 0 Å². The van der Waals surface area contributed by atoms with Crippen molar-refractivity contribution in [1.82, 2.24) is 0 Å². The predicted octanol–water partition coefficient (Wildman–Crippen LogP) is -0.361. The number of rotatable bonds is 0. The molecule has 9 heavy (non-hydrogen) atoms. The molecule has 0 aromatic carbocycles. The fraction of sp³-hybridized carbons (Fsp3) is 1.00. The van der Waals surface area contributed by atoms with E-state index in [9.17, 15) is 21.6 Å². The first-order valence-electron chi connectivity index (χ1n) is 1.34. The molecule has 0 rings (SSSR count). The van der Waals surface area contributed by atoms with E-state index in [0.29, 0.717) is 0 Å². The van der Waals surface area contributed by atoms with Crippen molar-refractivity contribution in [3.05, 3.63) is 0 Å². The summed E-state index contributed by atoms with van der Waals surface area (Å²) in [6.45, 7) is 0. The number of halogens is 3. The molecule has 0 atom stereocenters. The molecule has 0 heterocycles.